The number of hydrogen-bond acceptors (Lipinski definition) is 6. The van der Waals surface area contributed by atoms with Gasteiger partial charge in [-0.1, -0.05) is 30.0 Å². The maximum Gasteiger partial charge on any atom is 0.270 e. The molecule has 158 valence electrons. The van der Waals surface area contributed by atoms with Crippen molar-refractivity contribution in [2.24, 2.45) is 16.8 Å². The van der Waals surface area contributed by atoms with Crippen LogP contribution in [0.1, 0.15) is 17.5 Å². The van der Waals surface area contributed by atoms with E-state index in [2.05, 4.69) is 5.10 Å². The van der Waals surface area contributed by atoms with Gasteiger partial charge < -0.3 is 15.2 Å². The predicted molar refractivity (Wildman–Crippen MR) is 110 cm³/mol. The molecule has 30 heavy (non-hydrogen) atoms. The van der Waals surface area contributed by atoms with E-state index in [4.69, 9.17) is 15.2 Å². The summed E-state index contributed by atoms with van der Waals surface area (Å²) in [7, 11) is 1.42. The minimum atomic E-state index is -1.00. The van der Waals surface area contributed by atoms with Crippen molar-refractivity contribution in [2.45, 2.75) is 11.3 Å². The number of nitrogens with zero attached hydrogens (tertiary/aromatic N) is 2. The molecule has 0 unspecified atom stereocenters. The third kappa shape index (κ3) is 3.36. The van der Waals surface area contributed by atoms with E-state index in [-0.39, 0.29) is 23.1 Å². The Balaban J connectivity index is 1.90. The van der Waals surface area contributed by atoms with Crippen LogP contribution in [0.5, 0.6) is 5.75 Å². The molecule has 2 aromatic rings. The average molecular weight is 433 g/mol. The zero-order valence-electron chi connectivity index (χ0n) is 16.3. The van der Waals surface area contributed by atoms with Gasteiger partial charge in [-0.05, 0) is 37.2 Å². The Labute approximate surface area is 177 Å². The van der Waals surface area contributed by atoms with Gasteiger partial charge in [0.25, 0.3) is 5.91 Å². The van der Waals surface area contributed by atoms with Gasteiger partial charge in [-0.3, -0.25) is 4.79 Å². The fraction of sp³-hybridized carbons (Fsp3) is 0.333. The van der Waals surface area contributed by atoms with E-state index in [9.17, 15) is 13.6 Å². The first kappa shape index (κ1) is 20.8. The number of amides is 1. The molecule has 0 fully saturated rings. The zero-order valence-corrected chi connectivity index (χ0v) is 17.1. The standard InChI is InChI=1S/C21H21F2N3O3S/c1-28-12-19(27)26-21(30-20(25-26)15-10-14(22)6-7-17(15)23)13(8-9-24)11-29-18-5-3-2-4-16(18)21/h2-7,10,13H,8-9,11-12,24H2,1H3/t13-,21+/m0/s1. The number of benzene rings is 2. The number of carbonyl (C=O) groups excluding carboxylic acids is 1. The molecule has 1 spiro atoms. The third-order valence-corrected chi connectivity index (χ3v) is 6.73. The van der Waals surface area contributed by atoms with E-state index >= 15 is 0 Å². The average Bonchev–Trinajstić information content (AvgIpc) is 3.13. The molecule has 0 radical (unpaired) electrons. The van der Waals surface area contributed by atoms with Gasteiger partial charge in [0.2, 0.25) is 0 Å². The van der Waals surface area contributed by atoms with Crippen molar-refractivity contribution in [1.82, 2.24) is 5.01 Å². The van der Waals surface area contributed by atoms with Crippen molar-refractivity contribution < 1.29 is 23.0 Å². The molecule has 9 heteroatoms. The lowest BCUT2D eigenvalue weighted by atomic mass is 9.86. The quantitative estimate of drug-likeness (QED) is 0.784. The van der Waals surface area contributed by atoms with Gasteiger partial charge in [-0.15, -0.1) is 0 Å². The Morgan fingerprint density at radius 1 is 1.37 bits per heavy atom. The zero-order chi connectivity index (χ0) is 21.3. The molecule has 0 saturated carbocycles. The lowest BCUT2D eigenvalue weighted by molar-refractivity contribution is -0.141. The highest BCUT2D eigenvalue weighted by Gasteiger charge is 2.56. The van der Waals surface area contributed by atoms with E-state index in [1.165, 1.54) is 23.9 Å². The van der Waals surface area contributed by atoms with Crippen LogP contribution in [0.25, 0.3) is 0 Å². The molecule has 0 aliphatic carbocycles. The third-order valence-electron chi connectivity index (χ3n) is 5.20. The summed E-state index contributed by atoms with van der Waals surface area (Å²) in [5.74, 6) is -1.20. The van der Waals surface area contributed by atoms with Crippen molar-refractivity contribution in [3.8, 4) is 5.75 Å². The maximum absolute atomic E-state index is 14.6. The molecule has 0 bridgehead atoms. The number of para-hydroxylation sites is 1. The second-order valence-electron chi connectivity index (χ2n) is 7.05. The van der Waals surface area contributed by atoms with Gasteiger partial charge in [0.05, 0.1) is 6.61 Å². The molecule has 2 heterocycles. The van der Waals surface area contributed by atoms with E-state index in [0.717, 1.165) is 23.8 Å². The number of halogens is 2. The molecule has 0 aromatic heterocycles. The first-order chi connectivity index (χ1) is 14.5. The molecule has 2 aromatic carbocycles. The Hall–Kier alpha value is -2.49. The van der Waals surface area contributed by atoms with Gasteiger partial charge in [0, 0.05) is 24.2 Å². The van der Waals surface area contributed by atoms with Crippen LogP contribution in [0.4, 0.5) is 8.78 Å². The lowest BCUT2D eigenvalue weighted by Crippen LogP contribution is -2.52. The number of rotatable bonds is 5. The molecular weight excluding hydrogens is 412 g/mol. The normalized spacial score (nSPS) is 22.6. The summed E-state index contributed by atoms with van der Waals surface area (Å²) < 4.78 is 39.4. The van der Waals surface area contributed by atoms with Gasteiger partial charge in [-0.25, -0.2) is 13.8 Å². The van der Waals surface area contributed by atoms with Crippen LogP contribution in [-0.2, 0) is 14.4 Å². The highest BCUT2D eigenvalue weighted by atomic mass is 32.2. The first-order valence-corrected chi connectivity index (χ1v) is 10.3. The predicted octanol–water partition coefficient (Wildman–Crippen LogP) is 3.06. The smallest absolute Gasteiger partial charge is 0.270 e. The lowest BCUT2D eigenvalue weighted by Gasteiger charge is -2.45. The molecular formula is C21H21F2N3O3S. The van der Waals surface area contributed by atoms with E-state index in [1.54, 1.807) is 0 Å². The van der Waals surface area contributed by atoms with Crippen LogP contribution in [0, 0.1) is 17.6 Å². The summed E-state index contributed by atoms with van der Waals surface area (Å²) in [5.41, 5.74) is 6.60. The summed E-state index contributed by atoms with van der Waals surface area (Å²) in [6.07, 6.45) is 0.548. The number of fused-ring (bicyclic) bond motifs is 2. The second kappa shape index (κ2) is 8.33. The van der Waals surface area contributed by atoms with Crippen LogP contribution in [0.15, 0.2) is 47.6 Å². The van der Waals surface area contributed by atoms with Crippen molar-refractivity contribution in [1.29, 1.82) is 0 Å². The van der Waals surface area contributed by atoms with Crippen LogP contribution >= 0.6 is 11.8 Å². The molecule has 4 rings (SSSR count). The van der Waals surface area contributed by atoms with Crippen LogP contribution in [0.3, 0.4) is 0 Å². The summed E-state index contributed by atoms with van der Waals surface area (Å²) >= 11 is 1.22. The molecule has 2 atom stereocenters. The van der Waals surface area contributed by atoms with Crippen molar-refractivity contribution in [3.05, 3.63) is 65.2 Å². The molecule has 2 N–H and O–H groups in total. The van der Waals surface area contributed by atoms with Gasteiger partial charge >= 0.3 is 0 Å². The molecule has 2 aliphatic rings. The van der Waals surface area contributed by atoms with Gasteiger partial charge in [0.15, 0.2) is 4.87 Å². The van der Waals surface area contributed by atoms with Crippen LogP contribution < -0.4 is 10.5 Å². The monoisotopic (exact) mass is 433 g/mol. The Morgan fingerprint density at radius 2 is 2.17 bits per heavy atom. The highest BCUT2D eigenvalue weighted by Crippen LogP contribution is 2.57. The topological polar surface area (TPSA) is 77.1 Å². The number of methoxy groups -OCH3 is 1. The Kier molecular flexibility index (Phi) is 5.77. The summed E-state index contributed by atoms with van der Waals surface area (Å²) in [4.78, 5) is 12.0. The Morgan fingerprint density at radius 3 is 2.93 bits per heavy atom. The molecule has 6 nitrogen and oxygen atoms in total. The first-order valence-electron chi connectivity index (χ1n) is 9.48. The van der Waals surface area contributed by atoms with Crippen LogP contribution in [-0.4, -0.2) is 42.8 Å². The molecule has 0 saturated heterocycles. The fourth-order valence-electron chi connectivity index (χ4n) is 3.89. The minimum Gasteiger partial charge on any atom is -0.493 e. The van der Waals surface area contributed by atoms with Gasteiger partial charge in [-0.2, -0.15) is 5.10 Å². The Bertz CT molecular complexity index is 1000. The summed E-state index contributed by atoms with van der Waals surface area (Å²) in [6, 6.07) is 10.5. The number of carbonyl (C=O) groups is 1. The SMILES string of the molecule is COCC(=O)N1N=C(c2cc(F)ccc2F)S[C@]12c1ccccc1OC[C@@H]2CCN. The largest absolute Gasteiger partial charge is 0.493 e. The van der Waals surface area contributed by atoms with Gasteiger partial charge in [0.1, 0.15) is 29.0 Å². The molecule has 2 aliphatic heterocycles. The van der Waals surface area contributed by atoms with Crippen molar-refractivity contribution in [2.75, 3.05) is 26.9 Å². The number of hydrazone groups is 1. The van der Waals surface area contributed by atoms with Crippen molar-refractivity contribution >= 4 is 22.7 Å². The maximum atomic E-state index is 14.6. The highest BCUT2D eigenvalue weighted by molar-refractivity contribution is 8.15. The number of nitrogens with two attached hydrogens (primary N) is 1. The van der Waals surface area contributed by atoms with Crippen LogP contribution in [0.2, 0.25) is 0 Å². The number of hydrogen-bond donors (Lipinski definition) is 1. The van der Waals surface area contributed by atoms with E-state index in [0.29, 0.717) is 25.3 Å². The number of ether oxygens (including phenoxy) is 2. The van der Waals surface area contributed by atoms with E-state index < -0.39 is 22.4 Å². The second-order valence-corrected chi connectivity index (χ2v) is 8.26. The number of thioether (sulfide) groups is 1. The fourth-order valence-corrected chi connectivity index (χ4v) is 5.43. The summed E-state index contributed by atoms with van der Waals surface area (Å²) in [5, 5.41) is 6.02. The summed E-state index contributed by atoms with van der Waals surface area (Å²) in [6.45, 7) is 0.476. The van der Waals surface area contributed by atoms with E-state index in [1.807, 2.05) is 24.3 Å². The molecule has 1 amide bonds. The minimum absolute atomic E-state index is 0.00237. The van der Waals surface area contributed by atoms with Crippen molar-refractivity contribution in [3.63, 3.8) is 0 Å².